The Labute approximate surface area is 107 Å². The van der Waals surface area contributed by atoms with Crippen molar-refractivity contribution >= 4 is 11.6 Å². The molecule has 0 aromatic carbocycles. The quantitative estimate of drug-likeness (QED) is 0.779. The lowest BCUT2D eigenvalue weighted by atomic mass is 9.79. The highest BCUT2D eigenvalue weighted by Crippen LogP contribution is 2.40. The Kier molecular flexibility index (Phi) is 4.05. The molecule has 1 heterocycles. The van der Waals surface area contributed by atoms with Gasteiger partial charge in [0.1, 0.15) is 5.60 Å². The molecule has 0 aliphatic heterocycles. The molecule has 0 spiro atoms. The van der Waals surface area contributed by atoms with Gasteiger partial charge in [-0.1, -0.05) is 12.1 Å². The van der Waals surface area contributed by atoms with E-state index in [0.717, 1.165) is 31.6 Å². The van der Waals surface area contributed by atoms with Gasteiger partial charge < -0.3 is 9.26 Å². The topological polar surface area (TPSA) is 48.2 Å². The predicted molar refractivity (Wildman–Crippen MR) is 65.0 cm³/mol. The van der Waals surface area contributed by atoms with Crippen LogP contribution in [0.2, 0.25) is 0 Å². The third-order valence-corrected chi connectivity index (χ3v) is 3.85. The van der Waals surface area contributed by atoms with E-state index in [1.165, 1.54) is 0 Å². The number of aryl methyl sites for hydroxylation is 1. The summed E-state index contributed by atoms with van der Waals surface area (Å²) >= 11 is 5.66. The van der Waals surface area contributed by atoms with Crippen LogP contribution in [-0.4, -0.2) is 23.1 Å². The molecule has 0 bridgehead atoms. The summed E-state index contributed by atoms with van der Waals surface area (Å²) in [6.45, 7) is 2.27. The average molecular weight is 259 g/mol. The molecule has 0 unspecified atom stereocenters. The summed E-state index contributed by atoms with van der Waals surface area (Å²) < 4.78 is 10.9. The number of methoxy groups -OCH3 is 1. The molecule has 0 saturated heterocycles. The van der Waals surface area contributed by atoms with Crippen LogP contribution in [-0.2, 0) is 16.8 Å². The maximum absolute atomic E-state index is 5.69. The summed E-state index contributed by atoms with van der Waals surface area (Å²) in [5.41, 5.74) is -0.347. The van der Waals surface area contributed by atoms with Gasteiger partial charge >= 0.3 is 0 Å². The Morgan fingerprint density at radius 1 is 1.47 bits per heavy atom. The zero-order valence-corrected chi connectivity index (χ0v) is 11.2. The summed E-state index contributed by atoms with van der Waals surface area (Å²) in [5.74, 6) is 2.54. The third-order valence-electron chi connectivity index (χ3n) is 3.66. The van der Waals surface area contributed by atoms with E-state index in [4.69, 9.17) is 20.9 Å². The first-order chi connectivity index (χ1) is 8.20. The zero-order chi connectivity index (χ0) is 12.3. The summed E-state index contributed by atoms with van der Waals surface area (Å²) in [7, 11) is 1.73. The van der Waals surface area contributed by atoms with Crippen molar-refractivity contribution in [2.75, 3.05) is 13.0 Å². The van der Waals surface area contributed by atoms with E-state index in [9.17, 15) is 0 Å². The summed E-state index contributed by atoms with van der Waals surface area (Å²) in [6.07, 6.45) is 4.83. The number of hydrogen-bond acceptors (Lipinski definition) is 4. The molecular weight excluding hydrogens is 240 g/mol. The smallest absolute Gasteiger partial charge is 0.227 e. The fourth-order valence-electron chi connectivity index (χ4n) is 2.37. The summed E-state index contributed by atoms with van der Waals surface area (Å²) in [4.78, 5) is 4.40. The standard InChI is InChI=1S/C12H19ClN2O2/c1-9-3-6-12(16-2,7-4-9)11-14-10(5-8-13)17-15-11/h9H,3-8H2,1-2H3. The second-order valence-electron chi connectivity index (χ2n) is 4.83. The number of hydrogen-bond donors (Lipinski definition) is 0. The van der Waals surface area contributed by atoms with Crippen LogP contribution in [0.3, 0.4) is 0 Å². The van der Waals surface area contributed by atoms with Crippen molar-refractivity contribution in [3.63, 3.8) is 0 Å². The molecule has 96 valence electrons. The van der Waals surface area contributed by atoms with Gasteiger partial charge in [-0.3, -0.25) is 0 Å². The van der Waals surface area contributed by atoms with Gasteiger partial charge in [0.25, 0.3) is 0 Å². The van der Waals surface area contributed by atoms with Crippen LogP contribution in [0.25, 0.3) is 0 Å². The van der Waals surface area contributed by atoms with E-state index in [2.05, 4.69) is 17.1 Å². The summed E-state index contributed by atoms with van der Waals surface area (Å²) in [5, 5.41) is 4.06. The second kappa shape index (κ2) is 5.36. The van der Waals surface area contributed by atoms with E-state index in [0.29, 0.717) is 24.0 Å². The zero-order valence-electron chi connectivity index (χ0n) is 10.4. The van der Waals surface area contributed by atoms with Crippen LogP contribution in [0.5, 0.6) is 0 Å². The molecule has 1 saturated carbocycles. The lowest BCUT2D eigenvalue weighted by Gasteiger charge is -2.35. The highest BCUT2D eigenvalue weighted by molar-refractivity contribution is 6.17. The number of halogens is 1. The van der Waals surface area contributed by atoms with Gasteiger partial charge in [0.15, 0.2) is 0 Å². The van der Waals surface area contributed by atoms with E-state index < -0.39 is 0 Å². The van der Waals surface area contributed by atoms with Crippen molar-refractivity contribution in [1.29, 1.82) is 0 Å². The van der Waals surface area contributed by atoms with Crippen molar-refractivity contribution in [2.45, 2.75) is 44.6 Å². The molecule has 0 atom stereocenters. The molecule has 1 aliphatic rings. The van der Waals surface area contributed by atoms with Gasteiger partial charge in [0.2, 0.25) is 11.7 Å². The molecule has 2 rings (SSSR count). The minimum atomic E-state index is -0.347. The number of alkyl halides is 1. The van der Waals surface area contributed by atoms with Crippen LogP contribution in [0.4, 0.5) is 0 Å². The van der Waals surface area contributed by atoms with Crippen LogP contribution in [0, 0.1) is 5.92 Å². The van der Waals surface area contributed by atoms with Crippen LogP contribution in [0.15, 0.2) is 4.52 Å². The van der Waals surface area contributed by atoms with Crippen molar-refractivity contribution in [2.24, 2.45) is 5.92 Å². The Hall–Kier alpha value is -0.610. The number of nitrogens with zero attached hydrogens (tertiary/aromatic N) is 2. The van der Waals surface area contributed by atoms with Crippen molar-refractivity contribution in [3.8, 4) is 0 Å². The molecule has 4 nitrogen and oxygen atoms in total. The van der Waals surface area contributed by atoms with Crippen LogP contribution < -0.4 is 0 Å². The van der Waals surface area contributed by atoms with Crippen molar-refractivity contribution < 1.29 is 9.26 Å². The Morgan fingerprint density at radius 2 is 2.18 bits per heavy atom. The fraction of sp³-hybridized carbons (Fsp3) is 0.833. The van der Waals surface area contributed by atoms with E-state index in [1.54, 1.807) is 7.11 Å². The van der Waals surface area contributed by atoms with Gasteiger partial charge in [0.05, 0.1) is 0 Å². The van der Waals surface area contributed by atoms with Crippen LogP contribution in [0.1, 0.15) is 44.3 Å². The maximum atomic E-state index is 5.69. The highest BCUT2D eigenvalue weighted by atomic mass is 35.5. The first-order valence-corrected chi connectivity index (χ1v) is 6.68. The van der Waals surface area contributed by atoms with Crippen molar-refractivity contribution in [1.82, 2.24) is 10.1 Å². The highest BCUT2D eigenvalue weighted by Gasteiger charge is 2.40. The Bertz CT molecular complexity index is 359. The van der Waals surface area contributed by atoms with E-state index >= 15 is 0 Å². The molecule has 0 amide bonds. The number of rotatable bonds is 4. The largest absolute Gasteiger partial charge is 0.370 e. The first kappa shape index (κ1) is 12.8. The SMILES string of the molecule is COC1(c2noc(CCCl)n2)CCC(C)CC1. The predicted octanol–water partition coefficient (Wildman–Crippen LogP) is 2.90. The Morgan fingerprint density at radius 3 is 2.76 bits per heavy atom. The fourth-order valence-corrected chi connectivity index (χ4v) is 2.53. The Balaban J connectivity index is 2.16. The monoisotopic (exact) mass is 258 g/mol. The number of aromatic nitrogens is 2. The first-order valence-electron chi connectivity index (χ1n) is 6.14. The second-order valence-corrected chi connectivity index (χ2v) is 5.21. The van der Waals surface area contributed by atoms with E-state index in [1.807, 2.05) is 0 Å². The molecule has 0 radical (unpaired) electrons. The maximum Gasteiger partial charge on any atom is 0.227 e. The minimum absolute atomic E-state index is 0.347. The molecule has 1 fully saturated rings. The third kappa shape index (κ3) is 2.63. The van der Waals surface area contributed by atoms with Gasteiger partial charge in [0, 0.05) is 19.4 Å². The van der Waals surface area contributed by atoms with Gasteiger partial charge in [-0.2, -0.15) is 4.98 Å². The normalized spacial score (nSPS) is 29.5. The van der Waals surface area contributed by atoms with Gasteiger partial charge in [-0.25, -0.2) is 0 Å². The van der Waals surface area contributed by atoms with Crippen molar-refractivity contribution in [3.05, 3.63) is 11.7 Å². The molecule has 1 aromatic rings. The molecule has 1 aliphatic carbocycles. The van der Waals surface area contributed by atoms with Gasteiger partial charge in [-0.15, -0.1) is 11.6 Å². The lowest BCUT2D eigenvalue weighted by molar-refractivity contribution is -0.0609. The number of ether oxygens (including phenoxy) is 1. The molecule has 5 heteroatoms. The average Bonchev–Trinajstić information content (AvgIpc) is 2.80. The van der Waals surface area contributed by atoms with Crippen LogP contribution >= 0.6 is 11.6 Å². The van der Waals surface area contributed by atoms with E-state index in [-0.39, 0.29) is 5.60 Å². The molecule has 1 aromatic heterocycles. The minimum Gasteiger partial charge on any atom is -0.370 e. The summed E-state index contributed by atoms with van der Waals surface area (Å²) in [6, 6.07) is 0. The lowest BCUT2D eigenvalue weighted by Crippen LogP contribution is -2.34. The molecule has 17 heavy (non-hydrogen) atoms. The van der Waals surface area contributed by atoms with Gasteiger partial charge in [-0.05, 0) is 31.6 Å². The molecular formula is C12H19ClN2O2. The molecule has 0 N–H and O–H groups in total.